The summed E-state index contributed by atoms with van der Waals surface area (Å²) in [5.41, 5.74) is 1.34. The summed E-state index contributed by atoms with van der Waals surface area (Å²) >= 11 is 11.9. The highest BCUT2D eigenvalue weighted by molar-refractivity contribution is 6.35. The third-order valence-corrected chi connectivity index (χ3v) is 2.95. The largest absolute Gasteiger partial charge is 0.486 e. The monoisotopic (exact) mass is 272 g/mol. The third-order valence-electron chi connectivity index (χ3n) is 2.25. The first-order valence-corrected chi connectivity index (χ1v) is 5.67. The first-order chi connectivity index (χ1) is 8.06. The molecule has 0 bridgehead atoms. The molecule has 2 N–H and O–H groups in total. The van der Waals surface area contributed by atoms with Crippen molar-refractivity contribution in [1.82, 2.24) is 10.2 Å². The van der Waals surface area contributed by atoms with Crippen molar-refractivity contribution in [2.24, 2.45) is 0 Å². The predicted molar refractivity (Wildman–Crippen MR) is 66.9 cm³/mol. The Kier molecular flexibility index (Phi) is 3.45. The van der Waals surface area contributed by atoms with Gasteiger partial charge in [-0.3, -0.25) is 15.0 Å². The minimum Gasteiger partial charge on any atom is -0.486 e. The van der Waals surface area contributed by atoms with Crippen molar-refractivity contribution in [3.8, 4) is 5.75 Å². The van der Waals surface area contributed by atoms with E-state index in [2.05, 4.69) is 10.2 Å². The van der Waals surface area contributed by atoms with Gasteiger partial charge in [-0.05, 0) is 24.6 Å². The number of aromatic amines is 2. The van der Waals surface area contributed by atoms with Crippen molar-refractivity contribution in [1.29, 1.82) is 0 Å². The fraction of sp³-hybridized carbons (Fsp3) is 0.182. The van der Waals surface area contributed by atoms with Crippen LogP contribution in [0.2, 0.25) is 10.0 Å². The van der Waals surface area contributed by atoms with Crippen molar-refractivity contribution in [2.75, 3.05) is 0 Å². The SMILES string of the molecule is Cc1cc(OCc2cc(=O)[nH][nH]2)c(Cl)cc1Cl. The molecule has 1 aromatic carbocycles. The van der Waals surface area contributed by atoms with Crippen molar-refractivity contribution >= 4 is 23.2 Å². The molecule has 1 aromatic heterocycles. The van der Waals surface area contributed by atoms with Gasteiger partial charge in [-0.1, -0.05) is 23.2 Å². The van der Waals surface area contributed by atoms with Crippen LogP contribution in [0.5, 0.6) is 5.75 Å². The second kappa shape index (κ2) is 4.85. The summed E-state index contributed by atoms with van der Waals surface area (Å²) in [6.07, 6.45) is 0. The Morgan fingerprint density at radius 3 is 2.59 bits per heavy atom. The standard InChI is InChI=1S/C11H10Cl2N2O2/c1-6-2-10(9(13)4-8(6)12)17-5-7-3-11(16)15-14-7/h2-4H,5H2,1H3,(H2,14,15,16). The highest BCUT2D eigenvalue weighted by atomic mass is 35.5. The van der Waals surface area contributed by atoms with Crippen LogP contribution in [-0.4, -0.2) is 10.2 Å². The number of nitrogens with one attached hydrogen (secondary N) is 2. The Balaban J connectivity index is 2.14. The molecule has 0 atom stereocenters. The molecule has 0 saturated heterocycles. The summed E-state index contributed by atoms with van der Waals surface area (Å²) in [5.74, 6) is 0.538. The molecule has 0 fully saturated rings. The van der Waals surface area contributed by atoms with E-state index in [0.717, 1.165) is 5.56 Å². The Labute approximate surface area is 107 Å². The molecule has 2 aromatic rings. The zero-order chi connectivity index (χ0) is 12.4. The van der Waals surface area contributed by atoms with Crippen molar-refractivity contribution < 1.29 is 4.74 Å². The lowest BCUT2D eigenvalue weighted by atomic mass is 10.2. The number of aromatic nitrogens is 2. The summed E-state index contributed by atoms with van der Waals surface area (Å²) in [7, 11) is 0. The molecule has 0 aliphatic heterocycles. The van der Waals surface area contributed by atoms with E-state index in [1.54, 1.807) is 12.1 Å². The van der Waals surface area contributed by atoms with E-state index in [1.165, 1.54) is 6.07 Å². The van der Waals surface area contributed by atoms with Gasteiger partial charge >= 0.3 is 0 Å². The summed E-state index contributed by atoms with van der Waals surface area (Å²) < 4.78 is 5.49. The van der Waals surface area contributed by atoms with Gasteiger partial charge in [-0.2, -0.15) is 0 Å². The molecule has 6 heteroatoms. The van der Waals surface area contributed by atoms with Crippen LogP contribution in [0, 0.1) is 6.92 Å². The minimum absolute atomic E-state index is 0.193. The summed E-state index contributed by atoms with van der Waals surface area (Å²) in [6, 6.07) is 4.82. The zero-order valence-electron chi connectivity index (χ0n) is 9.01. The van der Waals surface area contributed by atoms with Gasteiger partial charge in [0.25, 0.3) is 5.56 Å². The third kappa shape index (κ3) is 2.84. The normalized spacial score (nSPS) is 10.5. The number of ether oxygens (including phenoxy) is 1. The Morgan fingerprint density at radius 2 is 1.94 bits per heavy atom. The van der Waals surface area contributed by atoms with Gasteiger partial charge in [0.1, 0.15) is 12.4 Å². The van der Waals surface area contributed by atoms with E-state index in [1.807, 2.05) is 6.92 Å². The maximum absolute atomic E-state index is 10.9. The van der Waals surface area contributed by atoms with Crippen LogP contribution in [0.4, 0.5) is 0 Å². The van der Waals surface area contributed by atoms with Crippen LogP contribution < -0.4 is 10.3 Å². The second-order valence-electron chi connectivity index (χ2n) is 3.60. The Bertz CT molecular complexity index is 589. The van der Waals surface area contributed by atoms with E-state index in [4.69, 9.17) is 27.9 Å². The molecule has 2 rings (SSSR count). The van der Waals surface area contributed by atoms with Gasteiger partial charge in [0, 0.05) is 11.1 Å². The number of aryl methyl sites for hydroxylation is 1. The lowest BCUT2D eigenvalue weighted by Gasteiger charge is -2.08. The minimum atomic E-state index is -0.193. The van der Waals surface area contributed by atoms with Gasteiger partial charge in [0.05, 0.1) is 10.7 Å². The van der Waals surface area contributed by atoms with Gasteiger partial charge in [-0.25, -0.2) is 0 Å². The van der Waals surface area contributed by atoms with E-state index in [9.17, 15) is 4.79 Å². The fourth-order valence-electron chi connectivity index (χ4n) is 1.35. The molecule has 0 radical (unpaired) electrons. The predicted octanol–water partition coefficient (Wildman–Crippen LogP) is 2.90. The van der Waals surface area contributed by atoms with Gasteiger partial charge in [-0.15, -0.1) is 0 Å². The van der Waals surface area contributed by atoms with Gasteiger partial charge in [0.2, 0.25) is 0 Å². The number of H-pyrrole nitrogens is 2. The molecule has 17 heavy (non-hydrogen) atoms. The Hall–Kier alpha value is -1.39. The average molecular weight is 273 g/mol. The molecule has 0 aliphatic rings. The molecule has 0 aliphatic carbocycles. The van der Waals surface area contributed by atoms with Gasteiger partial charge in [0.15, 0.2) is 0 Å². The summed E-state index contributed by atoms with van der Waals surface area (Å²) in [4.78, 5) is 10.9. The van der Waals surface area contributed by atoms with Crippen LogP contribution in [0.3, 0.4) is 0 Å². The summed E-state index contributed by atoms with van der Waals surface area (Å²) in [6.45, 7) is 2.10. The van der Waals surface area contributed by atoms with E-state index in [0.29, 0.717) is 21.5 Å². The number of hydrogen-bond donors (Lipinski definition) is 2. The van der Waals surface area contributed by atoms with Crippen LogP contribution in [0.25, 0.3) is 0 Å². The first-order valence-electron chi connectivity index (χ1n) is 4.91. The molecule has 90 valence electrons. The smallest absolute Gasteiger partial charge is 0.264 e. The maximum Gasteiger partial charge on any atom is 0.264 e. The Morgan fingerprint density at radius 1 is 1.18 bits per heavy atom. The van der Waals surface area contributed by atoms with Crippen molar-refractivity contribution in [3.05, 3.63) is 49.9 Å². The lowest BCUT2D eigenvalue weighted by molar-refractivity contribution is 0.301. The van der Waals surface area contributed by atoms with E-state index in [-0.39, 0.29) is 12.2 Å². The molecule has 4 nitrogen and oxygen atoms in total. The number of halogens is 2. The number of hydrogen-bond acceptors (Lipinski definition) is 2. The quantitative estimate of drug-likeness (QED) is 0.903. The highest BCUT2D eigenvalue weighted by Gasteiger charge is 2.06. The second-order valence-corrected chi connectivity index (χ2v) is 4.42. The number of rotatable bonds is 3. The van der Waals surface area contributed by atoms with E-state index >= 15 is 0 Å². The first kappa shape index (κ1) is 12.1. The van der Waals surface area contributed by atoms with E-state index < -0.39 is 0 Å². The molecule has 1 heterocycles. The highest BCUT2D eigenvalue weighted by Crippen LogP contribution is 2.30. The fourth-order valence-corrected chi connectivity index (χ4v) is 1.78. The van der Waals surface area contributed by atoms with Crippen LogP contribution in [-0.2, 0) is 6.61 Å². The molecule has 0 spiro atoms. The van der Waals surface area contributed by atoms with Crippen LogP contribution in [0.1, 0.15) is 11.3 Å². The topological polar surface area (TPSA) is 57.9 Å². The van der Waals surface area contributed by atoms with Crippen molar-refractivity contribution in [2.45, 2.75) is 13.5 Å². The van der Waals surface area contributed by atoms with Crippen LogP contribution in [0.15, 0.2) is 23.0 Å². The van der Waals surface area contributed by atoms with Gasteiger partial charge < -0.3 is 4.74 Å². The van der Waals surface area contributed by atoms with Crippen LogP contribution >= 0.6 is 23.2 Å². The molecule has 0 saturated carbocycles. The molecule has 0 unspecified atom stereocenters. The average Bonchev–Trinajstić information content (AvgIpc) is 2.68. The molecular weight excluding hydrogens is 263 g/mol. The zero-order valence-corrected chi connectivity index (χ0v) is 10.5. The maximum atomic E-state index is 10.9. The van der Waals surface area contributed by atoms with Crippen molar-refractivity contribution in [3.63, 3.8) is 0 Å². The molecular formula is C11H10Cl2N2O2. The molecule has 0 amide bonds. The summed E-state index contributed by atoms with van der Waals surface area (Å²) in [5, 5.41) is 6.15. The lowest BCUT2D eigenvalue weighted by Crippen LogP contribution is -1.97. The number of benzene rings is 1.